The lowest BCUT2D eigenvalue weighted by Crippen LogP contribution is -2.30. The molecule has 5 rings (SSSR count). The Hall–Kier alpha value is -4.44. The Labute approximate surface area is 232 Å². The fourth-order valence-corrected chi connectivity index (χ4v) is 4.82. The molecule has 0 aliphatic heterocycles. The fourth-order valence-electron chi connectivity index (χ4n) is 4.64. The zero-order chi connectivity index (χ0) is 28.4. The van der Waals surface area contributed by atoms with E-state index in [2.05, 4.69) is 15.1 Å². The lowest BCUT2D eigenvalue weighted by Gasteiger charge is -2.20. The highest BCUT2D eigenvalue weighted by Gasteiger charge is 2.24. The van der Waals surface area contributed by atoms with Gasteiger partial charge in [0.1, 0.15) is 11.4 Å². The van der Waals surface area contributed by atoms with Crippen molar-refractivity contribution >= 4 is 28.4 Å². The number of aromatic nitrogens is 4. The number of carbonyl (C=O) groups is 1. The minimum Gasteiger partial charge on any atom is -0.495 e. The molecule has 0 fully saturated rings. The van der Waals surface area contributed by atoms with E-state index in [1.165, 1.54) is 23.9 Å². The number of benzene rings is 2. The predicted molar refractivity (Wildman–Crippen MR) is 146 cm³/mol. The highest BCUT2D eigenvalue weighted by molar-refractivity contribution is 6.31. The van der Waals surface area contributed by atoms with Crippen LogP contribution in [0.25, 0.3) is 33.4 Å². The number of ketones is 1. The van der Waals surface area contributed by atoms with Gasteiger partial charge in [0, 0.05) is 47.1 Å². The number of nitrogens with zero attached hydrogens (tertiary/aromatic N) is 4. The monoisotopic (exact) mass is 564 g/mol. The number of halogens is 3. The molecule has 5 aromatic rings. The summed E-state index contributed by atoms with van der Waals surface area (Å²) in [6, 6.07) is 11.9. The lowest BCUT2D eigenvalue weighted by atomic mass is 9.96. The Morgan fingerprint density at radius 1 is 1.02 bits per heavy atom. The predicted octanol–water partition coefficient (Wildman–Crippen LogP) is 6.48. The maximum absolute atomic E-state index is 13.4. The first-order chi connectivity index (χ1) is 19.3. The van der Waals surface area contributed by atoms with E-state index in [-0.39, 0.29) is 23.6 Å². The highest BCUT2D eigenvalue weighted by Crippen LogP contribution is 2.39. The minimum absolute atomic E-state index is 0.0958. The Balaban J connectivity index is 1.52. The van der Waals surface area contributed by atoms with Crippen LogP contribution in [0.5, 0.6) is 5.75 Å². The molecule has 0 saturated heterocycles. The van der Waals surface area contributed by atoms with Gasteiger partial charge in [0.2, 0.25) is 5.76 Å². The van der Waals surface area contributed by atoms with Gasteiger partial charge in [0.15, 0.2) is 5.78 Å². The molecule has 8 nitrogen and oxygen atoms in total. The fraction of sp³-hybridized carbons (Fsp3) is 0.207. The Kier molecular flexibility index (Phi) is 7.70. The van der Waals surface area contributed by atoms with Gasteiger partial charge in [-0.05, 0) is 41.8 Å². The third-order valence-electron chi connectivity index (χ3n) is 6.56. The molecular formula is C29H23ClF2N4O4. The number of ether oxygens (including phenoxy) is 1. The van der Waals surface area contributed by atoms with Crippen molar-refractivity contribution in [3.63, 3.8) is 0 Å². The third kappa shape index (κ3) is 5.35. The highest BCUT2D eigenvalue weighted by atomic mass is 35.5. The summed E-state index contributed by atoms with van der Waals surface area (Å²) in [6.45, 7) is 1.82. The molecule has 40 heavy (non-hydrogen) atoms. The average molecular weight is 565 g/mol. The summed E-state index contributed by atoms with van der Waals surface area (Å²) in [7, 11) is 1.43. The van der Waals surface area contributed by atoms with Gasteiger partial charge in [-0.2, -0.15) is 0 Å². The molecule has 3 heterocycles. The zero-order valence-corrected chi connectivity index (χ0v) is 22.2. The standard InChI is InChI=1S/C29H23ClF2N4O4/c1-3-24(25(37)11-16-4-7-21-23(10-16)34-9-8-33-21)36-15-27(39-2)20(13-28(36)38)19-12-17(30)5-6-18(19)22-14-26(29(31)32)40-35-22/h4-10,12-15,24,29H,3,11H2,1-2H3. The van der Waals surface area contributed by atoms with Crippen molar-refractivity contribution < 1.29 is 22.8 Å². The largest absolute Gasteiger partial charge is 0.495 e. The van der Waals surface area contributed by atoms with Crippen LogP contribution in [0.1, 0.15) is 37.1 Å². The molecule has 1 unspecified atom stereocenters. The second kappa shape index (κ2) is 11.4. The summed E-state index contributed by atoms with van der Waals surface area (Å²) in [6.07, 6.45) is 2.30. The second-order valence-corrected chi connectivity index (χ2v) is 9.49. The van der Waals surface area contributed by atoms with E-state index in [1.807, 2.05) is 19.1 Å². The Bertz CT molecular complexity index is 1770. The van der Waals surface area contributed by atoms with Gasteiger partial charge in [0.05, 0.1) is 30.4 Å². The van der Waals surface area contributed by atoms with Crippen molar-refractivity contribution in [1.29, 1.82) is 0 Å². The van der Waals surface area contributed by atoms with Gasteiger partial charge in [-0.1, -0.05) is 35.8 Å². The van der Waals surface area contributed by atoms with E-state index in [0.29, 0.717) is 33.7 Å². The van der Waals surface area contributed by atoms with Crippen molar-refractivity contribution in [1.82, 2.24) is 19.7 Å². The van der Waals surface area contributed by atoms with Crippen LogP contribution in [0, 0.1) is 0 Å². The van der Waals surface area contributed by atoms with Crippen LogP contribution >= 0.6 is 11.6 Å². The van der Waals surface area contributed by atoms with Gasteiger partial charge in [-0.25, -0.2) is 8.78 Å². The molecule has 0 aliphatic carbocycles. The van der Waals surface area contributed by atoms with E-state index in [4.69, 9.17) is 20.9 Å². The summed E-state index contributed by atoms with van der Waals surface area (Å²) in [5, 5.41) is 4.12. The second-order valence-electron chi connectivity index (χ2n) is 9.05. The maximum atomic E-state index is 13.4. The number of pyridine rings is 1. The number of alkyl halides is 2. The summed E-state index contributed by atoms with van der Waals surface area (Å²) >= 11 is 6.26. The van der Waals surface area contributed by atoms with Crippen LogP contribution in [0.3, 0.4) is 0 Å². The lowest BCUT2D eigenvalue weighted by molar-refractivity contribution is -0.121. The first-order valence-corrected chi connectivity index (χ1v) is 12.7. The number of Topliss-reactive ketones (excluding diaryl/α,β-unsaturated/α-hetero) is 1. The Morgan fingerprint density at radius 3 is 2.50 bits per heavy atom. The molecule has 204 valence electrons. The zero-order valence-electron chi connectivity index (χ0n) is 21.5. The summed E-state index contributed by atoms with van der Waals surface area (Å²) < 4.78 is 38.0. The number of hydrogen-bond donors (Lipinski definition) is 0. The first-order valence-electron chi connectivity index (χ1n) is 12.4. The molecule has 0 amide bonds. The topological polar surface area (TPSA) is 100 Å². The Morgan fingerprint density at radius 2 is 1.80 bits per heavy atom. The molecule has 1 atom stereocenters. The molecule has 11 heteroatoms. The molecule has 3 aromatic heterocycles. The normalized spacial score (nSPS) is 12.2. The summed E-state index contributed by atoms with van der Waals surface area (Å²) in [5.41, 5.74) is 3.06. The van der Waals surface area contributed by atoms with Crippen LogP contribution in [0.15, 0.2) is 76.4 Å². The molecule has 0 bridgehead atoms. The number of hydrogen-bond acceptors (Lipinski definition) is 7. The van der Waals surface area contributed by atoms with Gasteiger partial charge < -0.3 is 13.8 Å². The molecular weight excluding hydrogens is 542 g/mol. The molecule has 0 aliphatic rings. The summed E-state index contributed by atoms with van der Waals surface area (Å²) in [5.74, 6) is -0.456. The number of methoxy groups -OCH3 is 1. The van der Waals surface area contributed by atoms with Crippen molar-refractivity contribution in [3.8, 4) is 28.1 Å². The number of carbonyl (C=O) groups excluding carboxylic acids is 1. The van der Waals surface area contributed by atoms with Gasteiger partial charge in [-0.15, -0.1) is 0 Å². The molecule has 0 radical (unpaired) electrons. The minimum atomic E-state index is -2.83. The molecule has 2 aromatic carbocycles. The smallest absolute Gasteiger partial charge is 0.298 e. The summed E-state index contributed by atoms with van der Waals surface area (Å²) in [4.78, 5) is 35.3. The SMILES string of the molecule is CCC(C(=O)Cc1ccc2nccnc2c1)n1cc(OC)c(-c2cc(Cl)ccc2-c2cc(C(F)F)on2)cc1=O. The number of rotatable bonds is 9. The van der Waals surface area contributed by atoms with Crippen LogP contribution in [0.2, 0.25) is 5.02 Å². The van der Waals surface area contributed by atoms with Gasteiger partial charge in [-0.3, -0.25) is 19.6 Å². The van der Waals surface area contributed by atoms with Crippen molar-refractivity contribution in [3.05, 3.63) is 93.8 Å². The van der Waals surface area contributed by atoms with E-state index in [1.54, 1.807) is 36.7 Å². The quantitative estimate of drug-likeness (QED) is 0.202. The maximum Gasteiger partial charge on any atom is 0.298 e. The van der Waals surface area contributed by atoms with Crippen LogP contribution in [0.4, 0.5) is 8.78 Å². The average Bonchev–Trinajstić information content (AvgIpc) is 3.44. The third-order valence-corrected chi connectivity index (χ3v) is 6.80. The van der Waals surface area contributed by atoms with Gasteiger partial charge >= 0.3 is 0 Å². The van der Waals surface area contributed by atoms with E-state index >= 15 is 0 Å². The molecule has 0 spiro atoms. The van der Waals surface area contributed by atoms with E-state index in [0.717, 1.165) is 17.1 Å². The molecule has 0 N–H and O–H groups in total. The van der Waals surface area contributed by atoms with Crippen LogP contribution in [-0.2, 0) is 11.2 Å². The molecule has 0 saturated carbocycles. The van der Waals surface area contributed by atoms with E-state index < -0.39 is 23.8 Å². The first kappa shape index (κ1) is 27.1. The van der Waals surface area contributed by atoms with Gasteiger partial charge in [0.25, 0.3) is 12.0 Å². The number of fused-ring (bicyclic) bond motifs is 1. The van der Waals surface area contributed by atoms with Crippen LogP contribution < -0.4 is 10.3 Å². The van der Waals surface area contributed by atoms with Crippen molar-refractivity contribution in [2.24, 2.45) is 0 Å². The van der Waals surface area contributed by atoms with E-state index in [9.17, 15) is 18.4 Å². The van der Waals surface area contributed by atoms with Crippen molar-refractivity contribution in [2.45, 2.75) is 32.2 Å². The van der Waals surface area contributed by atoms with Crippen molar-refractivity contribution in [2.75, 3.05) is 7.11 Å². The van der Waals surface area contributed by atoms with Crippen LogP contribution in [-0.4, -0.2) is 32.6 Å².